The Bertz CT molecular complexity index is 900. The number of ether oxygens (including phenoxy) is 1. The minimum atomic E-state index is -0.814. The number of rotatable bonds is 9. The van der Waals surface area contributed by atoms with E-state index < -0.39 is 5.60 Å². The van der Waals surface area contributed by atoms with E-state index in [2.05, 4.69) is 29.3 Å². The molecule has 1 amide bonds. The van der Waals surface area contributed by atoms with Crippen LogP contribution >= 0.6 is 11.3 Å². The van der Waals surface area contributed by atoms with Gasteiger partial charge in [-0.2, -0.15) is 0 Å². The van der Waals surface area contributed by atoms with Crippen molar-refractivity contribution in [3.8, 4) is 5.75 Å². The van der Waals surface area contributed by atoms with Gasteiger partial charge in [-0.05, 0) is 80.7 Å². The van der Waals surface area contributed by atoms with E-state index in [-0.39, 0.29) is 11.9 Å². The van der Waals surface area contributed by atoms with E-state index in [9.17, 15) is 9.90 Å². The number of hydrogen-bond acceptors (Lipinski definition) is 5. The third-order valence-electron chi connectivity index (χ3n) is 6.00. The highest BCUT2D eigenvalue weighted by Gasteiger charge is 2.34. The Morgan fingerprint density at radius 1 is 1.32 bits per heavy atom. The number of hydrogen-bond donors (Lipinski definition) is 1. The molecule has 1 saturated carbocycles. The van der Waals surface area contributed by atoms with Crippen molar-refractivity contribution in [1.82, 2.24) is 9.80 Å². The zero-order valence-electron chi connectivity index (χ0n) is 18.8. The highest BCUT2D eigenvalue weighted by Crippen LogP contribution is 2.35. The fourth-order valence-corrected chi connectivity index (χ4v) is 5.36. The van der Waals surface area contributed by atoms with Crippen molar-refractivity contribution in [2.24, 2.45) is 5.92 Å². The zero-order valence-corrected chi connectivity index (χ0v) is 19.7. The minimum Gasteiger partial charge on any atom is -0.491 e. The first kappa shape index (κ1) is 22.3. The van der Waals surface area contributed by atoms with Crippen LogP contribution in [-0.2, 0) is 11.2 Å². The summed E-state index contributed by atoms with van der Waals surface area (Å²) < 4.78 is 6.15. The Hall–Kier alpha value is -1.89. The highest BCUT2D eigenvalue weighted by molar-refractivity contribution is 7.10. The summed E-state index contributed by atoms with van der Waals surface area (Å²) in [7, 11) is 0. The van der Waals surface area contributed by atoms with E-state index >= 15 is 0 Å². The summed E-state index contributed by atoms with van der Waals surface area (Å²) >= 11 is 1.77. The number of thiophene rings is 1. The van der Waals surface area contributed by atoms with E-state index in [0.29, 0.717) is 32.2 Å². The van der Waals surface area contributed by atoms with Gasteiger partial charge in [0.25, 0.3) is 0 Å². The maximum Gasteiger partial charge on any atom is 0.237 e. The van der Waals surface area contributed by atoms with E-state index in [1.807, 2.05) is 36.9 Å². The molecular formula is C25H34N2O3S. The van der Waals surface area contributed by atoms with Crippen molar-refractivity contribution in [3.05, 3.63) is 51.7 Å². The van der Waals surface area contributed by atoms with E-state index in [1.165, 1.54) is 23.3 Å². The Morgan fingerprint density at radius 3 is 2.84 bits per heavy atom. The molecule has 1 aromatic carbocycles. The summed E-state index contributed by atoms with van der Waals surface area (Å²) in [5.41, 5.74) is 1.56. The average Bonchev–Trinajstić information content (AvgIpc) is 3.36. The molecule has 1 N–H and O–H groups in total. The first-order valence-electron chi connectivity index (χ1n) is 11.3. The van der Waals surface area contributed by atoms with Crippen LogP contribution in [0.4, 0.5) is 0 Å². The normalized spacial score (nSPS) is 18.9. The van der Waals surface area contributed by atoms with E-state index in [1.54, 1.807) is 11.3 Å². The smallest absolute Gasteiger partial charge is 0.237 e. The molecule has 0 radical (unpaired) electrons. The van der Waals surface area contributed by atoms with Gasteiger partial charge in [0.2, 0.25) is 5.91 Å². The highest BCUT2D eigenvalue weighted by atomic mass is 32.1. The number of benzene rings is 1. The predicted molar refractivity (Wildman–Crippen MR) is 125 cm³/mol. The van der Waals surface area contributed by atoms with Gasteiger partial charge in [0.1, 0.15) is 12.4 Å². The van der Waals surface area contributed by atoms with Crippen molar-refractivity contribution in [2.45, 2.75) is 51.7 Å². The molecule has 4 rings (SSSR count). The third-order valence-corrected chi connectivity index (χ3v) is 6.99. The lowest BCUT2D eigenvalue weighted by molar-refractivity contribution is -0.136. The topological polar surface area (TPSA) is 53.0 Å². The van der Waals surface area contributed by atoms with Crippen LogP contribution in [0.2, 0.25) is 0 Å². The molecule has 168 valence electrons. The lowest BCUT2D eigenvalue weighted by Gasteiger charge is -2.38. The third kappa shape index (κ3) is 6.09. The fourth-order valence-electron chi connectivity index (χ4n) is 4.43. The molecule has 0 bridgehead atoms. The van der Waals surface area contributed by atoms with Crippen molar-refractivity contribution in [3.63, 3.8) is 0 Å². The molecule has 5 nitrogen and oxygen atoms in total. The van der Waals surface area contributed by atoms with E-state index in [4.69, 9.17) is 4.74 Å². The summed E-state index contributed by atoms with van der Waals surface area (Å²) in [4.78, 5) is 18.9. The number of aliphatic hydroxyl groups is 1. The van der Waals surface area contributed by atoms with Gasteiger partial charge in [-0.15, -0.1) is 11.3 Å². The number of nitrogens with zero attached hydrogens (tertiary/aromatic N) is 2. The number of fused-ring (bicyclic) bond motifs is 1. The molecule has 1 unspecified atom stereocenters. The zero-order chi connectivity index (χ0) is 22.0. The van der Waals surface area contributed by atoms with Crippen LogP contribution in [0.1, 0.15) is 48.7 Å². The van der Waals surface area contributed by atoms with Gasteiger partial charge in [-0.3, -0.25) is 9.69 Å². The molecule has 31 heavy (non-hydrogen) atoms. The summed E-state index contributed by atoms with van der Waals surface area (Å²) in [6, 6.07) is 10.1. The van der Waals surface area contributed by atoms with Crippen LogP contribution in [0.15, 0.2) is 35.7 Å². The van der Waals surface area contributed by atoms with Crippen molar-refractivity contribution < 1.29 is 14.6 Å². The Morgan fingerprint density at radius 2 is 2.13 bits per heavy atom. The van der Waals surface area contributed by atoms with Crippen LogP contribution < -0.4 is 4.74 Å². The number of carbonyl (C=O) groups is 1. The second-order valence-electron chi connectivity index (χ2n) is 9.70. The van der Waals surface area contributed by atoms with Gasteiger partial charge in [-0.1, -0.05) is 12.1 Å². The van der Waals surface area contributed by atoms with Crippen molar-refractivity contribution in [1.29, 1.82) is 0 Å². The molecule has 1 aliphatic carbocycles. The average molecular weight is 443 g/mol. The molecule has 1 aliphatic heterocycles. The summed E-state index contributed by atoms with van der Waals surface area (Å²) in [5, 5.41) is 12.5. The number of carbonyl (C=O) groups excluding carboxylic acids is 1. The molecule has 0 saturated heterocycles. The largest absolute Gasteiger partial charge is 0.491 e. The number of aryl methyl sites for hydroxylation is 1. The molecule has 0 spiro atoms. The van der Waals surface area contributed by atoms with Gasteiger partial charge in [0.05, 0.1) is 18.2 Å². The SMILES string of the molecule is Cc1cccc(OCC2c3ccsc3CCN2C(=O)CN(CC2CC2)CC(C)(C)O)c1. The second-order valence-corrected chi connectivity index (χ2v) is 10.7. The Kier molecular flexibility index (Phi) is 6.70. The van der Waals surface area contributed by atoms with Crippen molar-refractivity contribution in [2.75, 3.05) is 32.8 Å². The Labute approximate surface area is 189 Å². The quantitative estimate of drug-likeness (QED) is 0.637. The maximum absolute atomic E-state index is 13.5. The molecule has 1 fully saturated rings. The molecule has 6 heteroatoms. The predicted octanol–water partition coefficient (Wildman–Crippen LogP) is 4.04. The minimum absolute atomic E-state index is 0.0760. The summed E-state index contributed by atoms with van der Waals surface area (Å²) in [6.07, 6.45) is 3.35. The van der Waals surface area contributed by atoms with Gasteiger partial charge >= 0.3 is 0 Å². The maximum atomic E-state index is 13.5. The van der Waals surface area contributed by atoms with Gasteiger partial charge in [0, 0.05) is 24.5 Å². The van der Waals surface area contributed by atoms with Gasteiger partial charge in [0.15, 0.2) is 0 Å². The standard InChI is InChI=1S/C25H34N2O3S/c1-18-5-4-6-20(13-18)30-16-22-21-10-12-31-23(21)9-11-27(22)24(28)15-26(14-19-7-8-19)17-25(2,3)29/h4-6,10,12-13,19,22,29H,7-9,11,14-17H2,1-3H3. The first-order chi connectivity index (χ1) is 14.8. The molecule has 1 atom stereocenters. The second kappa shape index (κ2) is 9.31. The summed E-state index contributed by atoms with van der Waals surface area (Å²) in [6.45, 7) is 8.59. The lowest BCUT2D eigenvalue weighted by atomic mass is 10.00. The Balaban J connectivity index is 1.48. The molecule has 1 aromatic heterocycles. The van der Waals surface area contributed by atoms with Gasteiger partial charge in [-0.25, -0.2) is 0 Å². The first-order valence-corrected chi connectivity index (χ1v) is 12.2. The van der Waals surface area contributed by atoms with Crippen LogP contribution in [0.25, 0.3) is 0 Å². The van der Waals surface area contributed by atoms with Crippen molar-refractivity contribution >= 4 is 17.2 Å². The molecule has 2 heterocycles. The van der Waals surface area contributed by atoms with Gasteiger partial charge < -0.3 is 14.7 Å². The lowest BCUT2D eigenvalue weighted by Crippen LogP contribution is -2.49. The molecule has 2 aliphatic rings. The van der Waals surface area contributed by atoms with Crippen LogP contribution in [0.5, 0.6) is 5.75 Å². The molecule has 2 aromatic rings. The summed E-state index contributed by atoms with van der Waals surface area (Å²) in [5.74, 6) is 1.63. The molecular weight excluding hydrogens is 408 g/mol. The number of amides is 1. The van der Waals surface area contributed by atoms with Crippen LogP contribution in [-0.4, -0.2) is 59.2 Å². The monoisotopic (exact) mass is 442 g/mol. The fraction of sp³-hybridized carbons (Fsp3) is 0.560. The van der Waals surface area contributed by atoms with E-state index in [0.717, 1.165) is 24.3 Å². The van der Waals surface area contributed by atoms with Crippen LogP contribution in [0, 0.1) is 12.8 Å². The van der Waals surface area contributed by atoms with Crippen LogP contribution in [0.3, 0.4) is 0 Å².